The van der Waals surface area contributed by atoms with E-state index in [1.165, 1.54) is 17.8 Å². The van der Waals surface area contributed by atoms with E-state index in [0.29, 0.717) is 34.4 Å². The number of thiophene rings is 1. The van der Waals surface area contributed by atoms with E-state index >= 15 is 0 Å². The first-order chi connectivity index (χ1) is 9.47. The fourth-order valence-electron chi connectivity index (χ4n) is 2.96. The minimum absolute atomic E-state index is 0.0216. The molecular formula is C15H21N3OS. The summed E-state index contributed by atoms with van der Waals surface area (Å²) in [6.45, 7) is 8.13. The van der Waals surface area contributed by atoms with Gasteiger partial charge in [0.15, 0.2) is 5.78 Å². The fraction of sp³-hybridized carbons (Fsp3) is 0.600. The third-order valence-corrected chi connectivity index (χ3v) is 5.08. The predicted molar refractivity (Wildman–Crippen MR) is 83.2 cm³/mol. The molecule has 0 saturated carbocycles. The minimum Gasteiger partial charge on any atom is -0.396 e. The van der Waals surface area contributed by atoms with Crippen LogP contribution in [0.25, 0.3) is 0 Å². The number of hydrogen-bond acceptors (Lipinski definition) is 5. The first-order valence-electron chi connectivity index (χ1n) is 7.08. The molecule has 2 atom stereocenters. The van der Waals surface area contributed by atoms with Crippen molar-refractivity contribution < 1.29 is 4.79 Å². The number of piperidine rings is 1. The van der Waals surface area contributed by atoms with Crippen molar-refractivity contribution in [3.63, 3.8) is 0 Å². The van der Waals surface area contributed by atoms with Crippen molar-refractivity contribution in [2.45, 2.75) is 33.6 Å². The molecule has 2 N–H and O–H groups in total. The van der Waals surface area contributed by atoms with Gasteiger partial charge >= 0.3 is 0 Å². The highest BCUT2D eigenvalue weighted by molar-refractivity contribution is 7.19. The Bertz CT molecular complexity index is 548. The molecule has 0 radical (unpaired) electrons. The Morgan fingerprint density at radius 1 is 1.45 bits per heavy atom. The van der Waals surface area contributed by atoms with Gasteiger partial charge in [0.1, 0.15) is 16.6 Å². The van der Waals surface area contributed by atoms with E-state index in [2.05, 4.69) is 24.8 Å². The van der Waals surface area contributed by atoms with Gasteiger partial charge in [-0.2, -0.15) is 5.26 Å². The number of nitrogens with two attached hydrogens (primary N) is 1. The highest BCUT2D eigenvalue weighted by Crippen LogP contribution is 2.40. The summed E-state index contributed by atoms with van der Waals surface area (Å²) in [5.74, 6) is 1.21. The molecule has 0 aromatic carbocycles. The molecule has 1 aliphatic rings. The largest absolute Gasteiger partial charge is 0.396 e. The van der Waals surface area contributed by atoms with Crippen LogP contribution in [0.5, 0.6) is 0 Å². The molecule has 1 aromatic heterocycles. The van der Waals surface area contributed by atoms with E-state index in [1.54, 1.807) is 0 Å². The molecule has 1 aromatic rings. The predicted octanol–water partition coefficient (Wildman–Crippen LogP) is 3.28. The van der Waals surface area contributed by atoms with Crippen LogP contribution < -0.4 is 10.6 Å². The normalized spacial score (nSPS) is 22.6. The Hall–Kier alpha value is -1.54. The van der Waals surface area contributed by atoms with Crippen LogP contribution in [-0.2, 0) is 0 Å². The maximum Gasteiger partial charge on any atom is 0.174 e. The summed E-state index contributed by atoms with van der Waals surface area (Å²) in [6.07, 6.45) is 1.63. The van der Waals surface area contributed by atoms with Gasteiger partial charge in [-0.3, -0.25) is 4.79 Å². The lowest BCUT2D eigenvalue weighted by molar-refractivity contribution is 0.0993. The zero-order valence-corrected chi connectivity index (χ0v) is 13.1. The molecule has 1 saturated heterocycles. The van der Waals surface area contributed by atoms with Crippen LogP contribution in [0.2, 0.25) is 0 Å². The summed E-state index contributed by atoms with van der Waals surface area (Å²) < 4.78 is 0. The molecule has 0 bridgehead atoms. The molecular weight excluding hydrogens is 270 g/mol. The number of nitrogen functional groups attached to an aromatic ring is 1. The third kappa shape index (κ3) is 2.66. The minimum atomic E-state index is 0.0216. The lowest BCUT2D eigenvalue weighted by Crippen LogP contribution is -2.38. The molecule has 1 fully saturated rings. The SMILES string of the molecule is CCC(=O)c1sc(N2CC(C)CC(C)C2)c(C#N)c1N. The van der Waals surface area contributed by atoms with Gasteiger partial charge < -0.3 is 10.6 Å². The quantitative estimate of drug-likeness (QED) is 0.868. The standard InChI is InChI=1S/C15H21N3OS/c1-4-12(19)14-13(17)11(6-16)15(20-14)18-7-9(2)5-10(3)8-18/h9-10H,4-5,7-8,17H2,1-3H3. The van der Waals surface area contributed by atoms with Crippen molar-refractivity contribution in [1.29, 1.82) is 5.26 Å². The summed E-state index contributed by atoms with van der Waals surface area (Å²) in [5.41, 5.74) is 6.85. The lowest BCUT2D eigenvalue weighted by atomic mass is 9.92. The summed E-state index contributed by atoms with van der Waals surface area (Å²) in [7, 11) is 0. The van der Waals surface area contributed by atoms with Gasteiger partial charge in [0, 0.05) is 19.5 Å². The smallest absolute Gasteiger partial charge is 0.174 e. The number of carbonyl (C=O) groups is 1. The van der Waals surface area contributed by atoms with Gasteiger partial charge in [-0.25, -0.2) is 0 Å². The lowest BCUT2D eigenvalue weighted by Gasteiger charge is -2.35. The van der Waals surface area contributed by atoms with Crippen molar-refractivity contribution >= 4 is 27.8 Å². The number of carbonyl (C=O) groups excluding carboxylic acids is 1. The molecule has 2 rings (SSSR count). The van der Waals surface area contributed by atoms with Crippen LogP contribution in [0.3, 0.4) is 0 Å². The Morgan fingerprint density at radius 3 is 2.55 bits per heavy atom. The van der Waals surface area contributed by atoms with E-state index < -0.39 is 0 Å². The van der Waals surface area contributed by atoms with Crippen LogP contribution in [0, 0.1) is 23.2 Å². The molecule has 0 spiro atoms. The zero-order chi connectivity index (χ0) is 14.9. The molecule has 0 amide bonds. The molecule has 4 nitrogen and oxygen atoms in total. The number of anilines is 2. The number of hydrogen-bond donors (Lipinski definition) is 1. The average Bonchev–Trinajstić information content (AvgIpc) is 2.73. The number of nitrogens with zero attached hydrogens (tertiary/aromatic N) is 2. The Kier molecular flexibility index (Phi) is 4.34. The number of ketones is 1. The molecule has 20 heavy (non-hydrogen) atoms. The van der Waals surface area contributed by atoms with Crippen LogP contribution in [0.15, 0.2) is 0 Å². The van der Waals surface area contributed by atoms with Gasteiger partial charge in [0.25, 0.3) is 0 Å². The van der Waals surface area contributed by atoms with E-state index in [4.69, 9.17) is 5.73 Å². The highest BCUT2D eigenvalue weighted by Gasteiger charge is 2.28. The molecule has 1 aliphatic heterocycles. The molecule has 2 heterocycles. The Balaban J connectivity index is 2.41. The van der Waals surface area contributed by atoms with Crippen molar-refractivity contribution in [2.75, 3.05) is 23.7 Å². The van der Waals surface area contributed by atoms with Gasteiger partial charge in [-0.15, -0.1) is 11.3 Å². The molecule has 2 unspecified atom stereocenters. The average molecular weight is 291 g/mol. The maximum absolute atomic E-state index is 11.9. The van der Waals surface area contributed by atoms with Crippen molar-refractivity contribution in [2.24, 2.45) is 11.8 Å². The molecule has 5 heteroatoms. The second kappa shape index (κ2) is 5.84. The van der Waals surface area contributed by atoms with Crippen LogP contribution in [0.1, 0.15) is 48.8 Å². The van der Waals surface area contributed by atoms with E-state index in [0.717, 1.165) is 18.1 Å². The second-order valence-corrected chi connectivity index (χ2v) is 6.76. The zero-order valence-electron chi connectivity index (χ0n) is 12.3. The van der Waals surface area contributed by atoms with Gasteiger partial charge in [0.2, 0.25) is 0 Å². The van der Waals surface area contributed by atoms with Gasteiger partial charge in [-0.05, 0) is 18.3 Å². The van der Waals surface area contributed by atoms with Crippen molar-refractivity contribution in [3.05, 3.63) is 10.4 Å². The van der Waals surface area contributed by atoms with Crippen LogP contribution >= 0.6 is 11.3 Å². The van der Waals surface area contributed by atoms with Gasteiger partial charge in [-0.1, -0.05) is 20.8 Å². The van der Waals surface area contributed by atoms with Crippen LogP contribution in [0.4, 0.5) is 10.7 Å². The van der Waals surface area contributed by atoms with E-state index in [9.17, 15) is 10.1 Å². The summed E-state index contributed by atoms with van der Waals surface area (Å²) >= 11 is 1.38. The molecule has 0 aliphatic carbocycles. The monoisotopic (exact) mass is 291 g/mol. The third-order valence-electron chi connectivity index (χ3n) is 3.77. The van der Waals surface area contributed by atoms with Gasteiger partial charge in [0.05, 0.1) is 10.6 Å². The van der Waals surface area contributed by atoms with Crippen molar-refractivity contribution in [3.8, 4) is 6.07 Å². The highest BCUT2D eigenvalue weighted by atomic mass is 32.1. The summed E-state index contributed by atoms with van der Waals surface area (Å²) in [4.78, 5) is 14.7. The van der Waals surface area contributed by atoms with E-state index in [-0.39, 0.29) is 5.78 Å². The topological polar surface area (TPSA) is 70.1 Å². The first kappa shape index (κ1) is 14.9. The maximum atomic E-state index is 11.9. The fourth-order valence-corrected chi connectivity index (χ4v) is 4.16. The van der Waals surface area contributed by atoms with Crippen LogP contribution in [-0.4, -0.2) is 18.9 Å². The Labute approximate surface area is 124 Å². The second-order valence-electron chi connectivity index (χ2n) is 5.76. The summed E-state index contributed by atoms with van der Waals surface area (Å²) in [6, 6.07) is 2.18. The Morgan fingerprint density at radius 2 is 2.05 bits per heavy atom. The molecule has 108 valence electrons. The number of Topliss-reactive ketones (excluding diaryl/α,β-unsaturated/α-hetero) is 1. The van der Waals surface area contributed by atoms with Crippen molar-refractivity contribution in [1.82, 2.24) is 0 Å². The first-order valence-corrected chi connectivity index (χ1v) is 7.90. The number of nitriles is 1. The number of rotatable bonds is 3. The summed E-state index contributed by atoms with van der Waals surface area (Å²) in [5, 5.41) is 10.2. The van der Waals surface area contributed by atoms with E-state index in [1.807, 2.05) is 6.92 Å².